The molecule has 0 N–H and O–H groups in total. The van der Waals surface area contributed by atoms with Crippen LogP contribution < -0.4 is 0 Å². The van der Waals surface area contributed by atoms with Gasteiger partial charge >= 0.3 is 0 Å². The van der Waals surface area contributed by atoms with E-state index in [9.17, 15) is 0 Å². The quantitative estimate of drug-likeness (QED) is 0.653. The Hall–Kier alpha value is -1.77. The van der Waals surface area contributed by atoms with Gasteiger partial charge in [-0.05, 0) is 19.1 Å². The lowest BCUT2D eigenvalue weighted by molar-refractivity contribution is 1.03. The molecular weight excluding hydrogens is 162 g/mol. The zero-order valence-electron chi connectivity index (χ0n) is 7.23. The molecule has 0 aromatic carbocycles. The van der Waals surface area contributed by atoms with Gasteiger partial charge in [-0.2, -0.15) is 10.2 Å². The zero-order chi connectivity index (χ0) is 9.10. The van der Waals surface area contributed by atoms with E-state index in [2.05, 4.69) is 21.2 Å². The number of rotatable bonds is 1. The van der Waals surface area contributed by atoms with Gasteiger partial charge in [0, 0.05) is 17.3 Å². The van der Waals surface area contributed by atoms with Crippen LogP contribution in [0.25, 0.3) is 11.3 Å². The molecule has 0 fully saturated rings. The highest BCUT2D eigenvalue weighted by molar-refractivity contribution is 5.56. The molecule has 0 aliphatic carbocycles. The summed E-state index contributed by atoms with van der Waals surface area (Å²) in [6.07, 6.45) is 3.35. The Bertz CT molecular complexity index is 398. The average Bonchev–Trinajstić information content (AvgIpc) is 2.19. The maximum Gasteiger partial charge on any atom is 0.0722 e. The first kappa shape index (κ1) is 7.86. The molecule has 0 atom stereocenters. The number of aryl methyl sites for hydroxylation is 1. The summed E-state index contributed by atoms with van der Waals surface area (Å²) >= 11 is 0. The first-order valence-corrected chi connectivity index (χ1v) is 3.98. The van der Waals surface area contributed by atoms with Crippen LogP contribution in [0.3, 0.4) is 0 Å². The van der Waals surface area contributed by atoms with E-state index in [-0.39, 0.29) is 0 Å². The highest BCUT2D eigenvalue weighted by atomic mass is 15.1. The minimum Gasteiger partial charge on any atom is -0.252 e. The summed E-state index contributed by atoms with van der Waals surface area (Å²) in [5.41, 5.74) is 2.77. The van der Waals surface area contributed by atoms with Crippen molar-refractivity contribution in [3.05, 3.63) is 42.4 Å². The average molecular weight is 170 g/mol. The van der Waals surface area contributed by atoms with Crippen molar-refractivity contribution < 1.29 is 0 Å². The fourth-order valence-electron chi connectivity index (χ4n) is 1.09. The van der Waals surface area contributed by atoms with E-state index in [1.165, 1.54) is 0 Å². The summed E-state index contributed by atoms with van der Waals surface area (Å²) in [7, 11) is 0. The monoisotopic (exact) mass is 170 g/mol. The van der Waals surface area contributed by atoms with E-state index in [0.717, 1.165) is 17.0 Å². The van der Waals surface area contributed by atoms with Crippen molar-refractivity contribution in [3.8, 4) is 11.3 Å². The molecule has 2 rings (SSSR count). The van der Waals surface area contributed by atoms with Gasteiger partial charge in [-0.3, -0.25) is 4.98 Å². The van der Waals surface area contributed by atoms with Crippen LogP contribution in [-0.4, -0.2) is 15.2 Å². The third kappa shape index (κ3) is 1.69. The lowest BCUT2D eigenvalue weighted by Crippen LogP contribution is -1.87. The lowest BCUT2D eigenvalue weighted by Gasteiger charge is -1.98. The van der Waals surface area contributed by atoms with E-state index >= 15 is 0 Å². The van der Waals surface area contributed by atoms with Crippen molar-refractivity contribution >= 4 is 0 Å². The largest absolute Gasteiger partial charge is 0.252 e. The SMILES string of the molecule is Cc1[c]ccc(-c2ccnnc2)n1. The van der Waals surface area contributed by atoms with Gasteiger partial charge in [-0.15, -0.1) is 0 Å². The number of hydrogen-bond donors (Lipinski definition) is 0. The van der Waals surface area contributed by atoms with Gasteiger partial charge in [0.1, 0.15) is 0 Å². The molecule has 0 amide bonds. The van der Waals surface area contributed by atoms with Gasteiger partial charge in [0.25, 0.3) is 0 Å². The molecule has 0 aliphatic heterocycles. The molecule has 3 nitrogen and oxygen atoms in total. The summed E-state index contributed by atoms with van der Waals surface area (Å²) in [6.45, 7) is 1.91. The number of hydrogen-bond acceptors (Lipinski definition) is 3. The van der Waals surface area contributed by atoms with Crippen LogP contribution >= 0.6 is 0 Å². The van der Waals surface area contributed by atoms with Crippen LogP contribution in [0.15, 0.2) is 30.6 Å². The van der Waals surface area contributed by atoms with E-state index in [1.807, 2.05) is 25.1 Å². The molecule has 2 heterocycles. The summed E-state index contributed by atoms with van der Waals surface area (Å²) in [6, 6.07) is 8.64. The third-order valence-electron chi connectivity index (χ3n) is 1.70. The second-order valence-corrected chi connectivity index (χ2v) is 2.69. The van der Waals surface area contributed by atoms with E-state index < -0.39 is 0 Å². The Kier molecular flexibility index (Phi) is 2.00. The first-order chi connectivity index (χ1) is 6.36. The van der Waals surface area contributed by atoms with Gasteiger partial charge in [0.05, 0.1) is 18.1 Å². The van der Waals surface area contributed by atoms with Crippen LogP contribution in [-0.2, 0) is 0 Å². The minimum absolute atomic E-state index is 0.884. The Morgan fingerprint density at radius 1 is 1.23 bits per heavy atom. The molecule has 13 heavy (non-hydrogen) atoms. The van der Waals surface area contributed by atoms with Crippen molar-refractivity contribution in [3.63, 3.8) is 0 Å². The van der Waals surface area contributed by atoms with Crippen molar-refractivity contribution in [2.24, 2.45) is 0 Å². The van der Waals surface area contributed by atoms with Gasteiger partial charge < -0.3 is 0 Å². The molecule has 0 bridgehead atoms. The molecular formula is C10H8N3. The van der Waals surface area contributed by atoms with Crippen molar-refractivity contribution in [2.45, 2.75) is 6.92 Å². The molecule has 3 heteroatoms. The second kappa shape index (κ2) is 3.31. The van der Waals surface area contributed by atoms with E-state index in [1.54, 1.807) is 12.4 Å². The topological polar surface area (TPSA) is 38.7 Å². The van der Waals surface area contributed by atoms with Crippen molar-refractivity contribution in [2.75, 3.05) is 0 Å². The van der Waals surface area contributed by atoms with Crippen molar-refractivity contribution in [1.29, 1.82) is 0 Å². The molecule has 0 saturated carbocycles. The predicted molar refractivity (Wildman–Crippen MR) is 48.8 cm³/mol. The molecule has 0 spiro atoms. The number of pyridine rings is 1. The van der Waals surface area contributed by atoms with Gasteiger partial charge in [0.15, 0.2) is 0 Å². The molecule has 1 radical (unpaired) electrons. The van der Waals surface area contributed by atoms with Crippen LogP contribution in [0.4, 0.5) is 0 Å². The third-order valence-corrected chi connectivity index (χ3v) is 1.70. The number of aromatic nitrogens is 3. The standard InChI is InChI=1S/C10H8N3/c1-8-3-2-4-10(13-8)9-5-6-11-12-7-9/h2,4-7H,1H3. The zero-order valence-corrected chi connectivity index (χ0v) is 7.23. The molecule has 2 aromatic heterocycles. The van der Waals surface area contributed by atoms with Crippen LogP contribution in [0.2, 0.25) is 0 Å². The fraction of sp³-hybridized carbons (Fsp3) is 0.100. The molecule has 63 valence electrons. The highest BCUT2D eigenvalue weighted by Crippen LogP contribution is 2.13. The number of nitrogens with zero attached hydrogens (tertiary/aromatic N) is 3. The second-order valence-electron chi connectivity index (χ2n) is 2.69. The van der Waals surface area contributed by atoms with E-state index in [4.69, 9.17) is 0 Å². The maximum absolute atomic E-state index is 4.32. The van der Waals surface area contributed by atoms with Gasteiger partial charge in [-0.1, -0.05) is 6.07 Å². The Balaban J connectivity index is 2.48. The Morgan fingerprint density at radius 3 is 2.85 bits per heavy atom. The van der Waals surface area contributed by atoms with Crippen LogP contribution in [0.5, 0.6) is 0 Å². The van der Waals surface area contributed by atoms with Crippen LogP contribution in [0, 0.1) is 13.0 Å². The predicted octanol–water partition coefficient (Wildman–Crippen LogP) is 1.65. The normalized spacial score (nSPS) is 9.92. The summed E-state index contributed by atoms with van der Waals surface area (Å²) in [4.78, 5) is 4.32. The van der Waals surface area contributed by atoms with Crippen molar-refractivity contribution in [1.82, 2.24) is 15.2 Å². The summed E-state index contributed by atoms with van der Waals surface area (Å²) < 4.78 is 0. The maximum atomic E-state index is 4.32. The Labute approximate surface area is 76.5 Å². The Morgan fingerprint density at radius 2 is 2.15 bits per heavy atom. The van der Waals surface area contributed by atoms with Gasteiger partial charge in [0.2, 0.25) is 0 Å². The fourth-order valence-corrected chi connectivity index (χ4v) is 1.09. The molecule has 2 aromatic rings. The summed E-state index contributed by atoms with van der Waals surface area (Å²) in [5, 5.41) is 7.50. The molecule has 0 saturated heterocycles. The lowest BCUT2D eigenvalue weighted by atomic mass is 10.2. The van der Waals surface area contributed by atoms with Crippen LogP contribution in [0.1, 0.15) is 5.69 Å². The van der Waals surface area contributed by atoms with E-state index in [0.29, 0.717) is 0 Å². The van der Waals surface area contributed by atoms with Gasteiger partial charge in [-0.25, -0.2) is 0 Å². The smallest absolute Gasteiger partial charge is 0.0722 e. The highest BCUT2D eigenvalue weighted by Gasteiger charge is 1.97. The minimum atomic E-state index is 0.884. The first-order valence-electron chi connectivity index (χ1n) is 3.98. The molecule has 0 aliphatic rings. The molecule has 0 unspecified atom stereocenters. The summed E-state index contributed by atoms with van der Waals surface area (Å²) in [5.74, 6) is 0.